The molecule has 0 aromatic heterocycles. The Kier molecular flexibility index (Phi) is 4.16. The van der Waals surface area contributed by atoms with Crippen LogP contribution in [0.5, 0.6) is 0 Å². The van der Waals surface area contributed by atoms with E-state index in [0.717, 1.165) is 5.56 Å². The van der Waals surface area contributed by atoms with E-state index in [2.05, 4.69) is 0 Å². The Morgan fingerprint density at radius 2 is 1.76 bits per heavy atom. The number of esters is 1. The highest BCUT2D eigenvalue weighted by Gasteiger charge is 2.73. The summed E-state index contributed by atoms with van der Waals surface area (Å²) in [6.07, 6.45) is 0.649. The first-order chi connectivity index (χ1) is 9.82. The van der Waals surface area contributed by atoms with E-state index in [0.29, 0.717) is 6.42 Å². The molecule has 3 nitrogen and oxygen atoms in total. The minimum absolute atomic E-state index is 0.0229. The number of ether oxygens (including phenoxy) is 1. The van der Waals surface area contributed by atoms with E-state index in [4.69, 9.17) is 4.74 Å². The smallest absolute Gasteiger partial charge is 0.315 e. The highest BCUT2D eigenvalue weighted by Crippen LogP contribution is 2.68. The van der Waals surface area contributed by atoms with Gasteiger partial charge < -0.3 is 9.84 Å². The molecule has 1 aromatic rings. The predicted molar refractivity (Wildman–Crippen MR) is 82.9 cm³/mol. The molecular weight excluding hydrogens is 264 g/mol. The van der Waals surface area contributed by atoms with Crippen LogP contribution in [0.1, 0.15) is 45.6 Å². The summed E-state index contributed by atoms with van der Waals surface area (Å²) in [6, 6.07) is 9.95. The van der Waals surface area contributed by atoms with Gasteiger partial charge in [0.25, 0.3) is 0 Å². The van der Waals surface area contributed by atoms with Gasteiger partial charge in [0.2, 0.25) is 0 Å². The zero-order valence-electron chi connectivity index (χ0n) is 13.6. The molecule has 2 atom stereocenters. The summed E-state index contributed by atoms with van der Waals surface area (Å²) in [5.74, 6) is -0.308. The molecule has 1 fully saturated rings. The Hall–Kier alpha value is -1.35. The third-order valence-corrected chi connectivity index (χ3v) is 5.19. The highest BCUT2D eigenvalue weighted by atomic mass is 16.5. The largest absolute Gasteiger partial charge is 0.468 e. The van der Waals surface area contributed by atoms with Crippen LogP contribution in [0.3, 0.4) is 0 Å². The molecule has 0 heterocycles. The van der Waals surface area contributed by atoms with Crippen LogP contribution in [-0.4, -0.2) is 23.8 Å². The van der Waals surface area contributed by atoms with Crippen LogP contribution in [0.15, 0.2) is 30.3 Å². The number of carbonyl (C=O) groups excluding carboxylic acids is 1. The van der Waals surface area contributed by atoms with Gasteiger partial charge in [0.15, 0.2) is 0 Å². The van der Waals surface area contributed by atoms with Crippen molar-refractivity contribution < 1.29 is 14.6 Å². The third-order valence-electron chi connectivity index (χ3n) is 5.19. The summed E-state index contributed by atoms with van der Waals surface area (Å²) in [4.78, 5) is 12.6. The van der Waals surface area contributed by atoms with E-state index in [1.54, 1.807) is 0 Å². The Balaban J connectivity index is 2.49. The molecule has 0 aliphatic heterocycles. The molecule has 21 heavy (non-hydrogen) atoms. The van der Waals surface area contributed by atoms with E-state index in [1.165, 1.54) is 7.11 Å². The summed E-state index contributed by atoms with van der Waals surface area (Å²) in [6.45, 7) is 7.91. The number of benzene rings is 1. The quantitative estimate of drug-likeness (QED) is 0.846. The van der Waals surface area contributed by atoms with Gasteiger partial charge in [-0.1, -0.05) is 58.0 Å². The SMILES string of the molecule is COC(=O)[C@]1(C(O)(C(C)C)C(C)C)C[C@@H]1c1ccccc1. The minimum Gasteiger partial charge on any atom is -0.468 e. The van der Waals surface area contributed by atoms with Crippen LogP contribution in [0.4, 0.5) is 0 Å². The van der Waals surface area contributed by atoms with Gasteiger partial charge in [-0.2, -0.15) is 0 Å². The van der Waals surface area contributed by atoms with Crippen LogP contribution >= 0.6 is 0 Å². The Labute approximate surface area is 127 Å². The first-order valence-electron chi connectivity index (χ1n) is 7.68. The van der Waals surface area contributed by atoms with Gasteiger partial charge in [-0.25, -0.2) is 0 Å². The fourth-order valence-corrected chi connectivity index (χ4v) is 4.06. The molecule has 3 heteroatoms. The number of methoxy groups -OCH3 is 1. The van der Waals surface area contributed by atoms with Crippen molar-refractivity contribution in [2.75, 3.05) is 7.11 Å². The molecule has 1 saturated carbocycles. The van der Waals surface area contributed by atoms with Crippen molar-refractivity contribution in [2.45, 2.75) is 45.6 Å². The number of aliphatic hydroxyl groups is 1. The second-order valence-electron chi connectivity index (χ2n) is 6.77. The summed E-state index contributed by atoms with van der Waals surface area (Å²) in [5, 5.41) is 11.4. The van der Waals surface area contributed by atoms with Crippen molar-refractivity contribution in [1.29, 1.82) is 0 Å². The van der Waals surface area contributed by atoms with Crippen molar-refractivity contribution in [1.82, 2.24) is 0 Å². The van der Waals surface area contributed by atoms with Crippen LogP contribution in [-0.2, 0) is 9.53 Å². The molecule has 1 aliphatic carbocycles. The fraction of sp³-hybridized carbons (Fsp3) is 0.611. The summed E-state index contributed by atoms with van der Waals surface area (Å²) in [5.41, 5.74) is -0.797. The van der Waals surface area contributed by atoms with Gasteiger partial charge in [0, 0.05) is 5.92 Å². The van der Waals surface area contributed by atoms with E-state index in [1.807, 2.05) is 58.0 Å². The molecule has 0 spiro atoms. The van der Waals surface area contributed by atoms with Gasteiger partial charge in [-0.05, 0) is 23.8 Å². The predicted octanol–water partition coefficient (Wildman–Crippen LogP) is 3.38. The van der Waals surface area contributed by atoms with Crippen molar-refractivity contribution in [2.24, 2.45) is 17.3 Å². The summed E-state index contributed by atoms with van der Waals surface area (Å²) < 4.78 is 5.08. The normalized spacial score (nSPS) is 25.2. The van der Waals surface area contributed by atoms with Crippen molar-refractivity contribution in [3.8, 4) is 0 Å². The molecule has 0 unspecified atom stereocenters. The van der Waals surface area contributed by atoms with E-state index >= 15 is 0 Å². The maximum Gasteiger partial charge on any atom is 0.315 e. The van der Waals surface area contributed by atoms with Gasteiger partial charge in [-0.3, -0.25) is 4.79 Å². The number of hydrogen-bond acceptors (Lipinski definition) is 3. The lowest BCUT2D eigenvalue weighted by atomic mass is 9.67. The average Bonchev–Trinajstić information content (AvgIpc) is 3.23. The van der Waals surface area contributed by atoms with Crippen molar-refractivity contribution >= 4 is 5.97 Å². The fourth-order valence-electron chi connectivity index (χ4n) is 4.06. The molecule has 1 aliphatic rings. The van der Waals surface area contributed by atoms with Crippen LogP contribution in [0.25, 0.3) is 0 Å². The summed E-state index contributed by atoms with van der Waals surface area (Å²) in [7, 11) is 1.41. The topological polar surface area (TPSA) is 46.5 Å². The number of carbonyl (C=O) groups is 1. The molecule has 2 rings (SSSR count). The Morgan fingerprint density at radius 1 is 1.24 bits per heavy atom. The second kappa shape index (κ2) is 5.45. The van der Waals surface area contributed by atoms with E-state index in [-0.39, 0.29) is 23.7 Å². The molecular formula is C18H26O3. The van der Waals surface area contributed by atoms with E-state index in [9.17, 15) is 9.90 Å². The molecule has 1 N–H and O–H groups in total. The molecule has 0 amide bonds. The number of rotatable bonds is 5. The standard InChI is InChI=1S/C18H26O3/c1-12(2)18(20,13(3)4)17(16(19)21-5)11-15(17)14-9-7-6-8-10-14/h6-10,12-13,15,20H,11H2,1-5H3/t15-,17+/m1/s1. The molecule has 116 valence electrons. The highest BCUT2D eigenvalue weighted by molar-refractivity contribution is 5.84. The lowest BCUT2D eigenvalue weighted by Gasteiger charge is -2.43. The van der Waals surface area contributed by atoms with Crippen molar-refractivity contribution in [3.05, 3.63) is 35.9 Å². The van der Waals surface area contributed by atoms with Crippen LogP contribution < -0.4 is 0 Å². The zero-order chi connectivity index (χ0) is 15.8. The lowest BCUT2D eigenvalue weighted by Crippen LogP contribution is -2.53. The van der Waals surface area contributed by atoms with Crippen molar-refractivity contribution in [3.63, 3.8) is 0 Å². The lowest BCUT2D eigenvalue weighted by molar-refractivity contribution is -0.172. The first-order valence-corrected chi connectivity index (χ1v) is 7.68. The zero-order valence-corrected chi connectivity index (χ0v) is 13.6. The Bertz CT molecular complexity index is 498. The van der Waals surface area contributed by atoms with Gasteiger partial charge in [0.1, 0.15) is 5.41 Å². The molecule has 0 radical (unpaired) electrons. The first kappa shape index (κ1) is 16.0. The van der Waals surface area contributed by atoms with Gasteiger partial charge in [-0.15, -0.1) is 0 Å². The molecule has 0 saturated heterocycles. The Morgan fingerprint density at radius 3 is 2.19 bits per heavy atom. The third kappa shape index (κ3) is 2.18. The van der Waals surface area contributed by atoms with Gasteiger partial charge >= 0.3 is 5.97 Å². The van der Waals surface area contributed by atoms with Crippen LogP contribution in [0.2, 0.25) is 0 Å². The molecule has 1 aromatic carbocycles. The van der Waals surface area contributed by atoms with Gasteiger partial charge in [0.05, 0.1) is 12.7 Å². The second-order valence-corrected chi connectivity index (χ2v) is 6.77. The monoisotopic (exact) mass is 290 g/mol. The van der Waals surface area contributed by atoms with E-state index < -0.39 is 11.0 Å². The average molecular weight is 290 g/mol. The molecule has 0 bridgehead atoms. The summed E-state index contributed by atoms with van der Waals surface area (Å²) >= 11 is 0. The minimum atomic E-state index is -1.07. The number of hydrogen-bond donors (Lipinski definition) is 1. The maximum absolute atomic E-state index is 12.6. The maximum atomic E-state index is 12.6. The van der Waals surface area contributed by atoms with Crippen LogP contribution in [0, 0.1) is 17.3 Å².